The van der Waals surface area contributed by atoms with Gasteiger partial charge in [0.15, 0.2) is 5.82 Å². The Morgan fingerprint density at radius 2 is 2.04 bits per heavy atom. The van der Waals surface area contributed by atoms with Crippen LogP contribution < -0.4 is 10.5 Å². The fourth-order valence-electron chi connectivity index (χ4n) is 2.69. The molecule has 1 aromatic carbocycles. The molecular weight excluding hydrogens is 308 g/mol. The zero-order chi connectivity index (χ0) is 16.6. The van der Waals surface area contributed by atoms with E-state index < -0.39 is 30.5 Å². The molecule has 0 fully saturated rings. The minimum atomic E-state index is -2.73. The molecule has 1 aliphatic rings. The van der Waals surface area contributed by atoms with Gasteiger partial charge in [0.05, 0.1) is 0 Å². The molecule has 0 saturated carbocycles. The molecular formula is C15H13F2N3O3. The highest BCUT2D eigenvalue weighted by Crippen LogP contribution is 2.37. The van der Waals surface area contributed by atoms with Gasteiger partial charge in [-0.15, -0.1) is 0 Å². The van der Waals surface area contributed by atoms with E-state index in [9.17, 15) is 23.5 Å². The minimum Gasteiger partial charge on any atom is -0.480 e. The number of rotatable bonds is 4. The Labute approximate surface area is 129 Å². The molecule has 0 aliphatic carbocycles. The Morgan fingerprint density at radius 3 is 2.74 bits per heavy atom. The number of nitrogens with zero attached hydrogens (tertiary/aromatic N) is 3. The first-order chi connectivity index (χ1) is 11.0. The molecule has 0 radical (unpaired) electrons. The molecule has 1 aliphatic heterocycles. The summed E-state index contributed by atoms with van der Waals surface area (Å²) in [6.45, 7) is -0.833. The number of anilines is 2. The Balaban J connectivity index is 2.08. The third-order valence-corrected chi connectivity index (χ3v) is 3.67. The van der Waals surface area contributed by atoms with Crippen molar-refractivity contribution in [3.8, 4) is 0 Å². The lowest BCUT2D eigenvalue weighted by Crippen LogP contribution is -2.37. The maximum Gasteiger partial charge on any atom is 0.327 e. The molecule has 6 nitrogen and oxygen atoms in total. The SMILES string of the molecule is O=C(O)[C@@H]1Cc2ccccc2N1c1ccc(=O)n(CC(F)F)n1. The molecule has 1 aromatic heterocycles. The largest absolute Gasteiger partial charge is 0.480 e. The van der Waals surface area contributed by atoms with Crippen LogP contribution in [0, 0.1) is 0 Å². The lowest BCUT2D eigenvalue weighted by Gasteiger charge is -2.24. The first kappa shape index (κ1) is 15.1. The quantitative estimate of drug-likeness (QED) is 0.927. The first-order valence-electron chi connectivity index (χ1n) is 6.93. The summed E-state index contributed by atoms with van der Waals surface area (Å²) in [7, 11) is 0. The number of hydrogen-bond donors (Lipinski definition) is 1. The van der Waals surface area contributed by atoms with Crippen LogP contribution in [-0.2, 0) is 17.8 Å². The molecule has 0 saturated heterocycles. The summed E-state index contributed by atoms with van der Waals surface area (Å²) in [5.74, 6) is -0.891. The number of alkyl halides is 2. The van der Waals surface area contributed by atoms with Gasteiger partial charge in [0.1, 0.15) is 12.6 Å². The van der Waals surface area contributed by atoms with Crippen molar-refractivity contribution in [2.75, 3.05) is 4.90 Å². The number of benzene rings is 1. The number of fused-ring (bicyclic) bond motifs is 1. The van der Waals surface area contributed by atoms with E-state index in [0.717, 1.165) is 11.6 Å². The van der Waals surface area contributed by atoms with Gasteiger partial charge in [-0.25, -0.2) is 18.3 Å². The minimum absolute atomic E-state index is 0.155. The number of hydrogen-bond acceptors (Lipinski definition) is 4. The second-order valence-electron chi connectivity index (χ2n) is 5.16. The van der Waals surface area contributed by atoms with Gasteiger partial charge in [-0.3, -0.25) is 4.79 Å². The van der Waals surface area contributed by atoms with Crippen LogP contribution in [0.25, 0.3) is 0 Å². The van der Waals surface area contributed by atoms with Crippen molar-refractivity contribution in [2.24, 2.45) is 0 Å². The number of halogens is 2. The van der Waals surface area contributed by atoms with Gasteiger partial charge in [-0.2, -0.15) is 5.10 Å². The second kappa shape index (κ2) is 5.79. The Morgan fingerprint density at radius 1 is 1.30 bits per heavy atom. The smallest absolute Gasteiger partial charge is 0.327 e. The van der Waals surface area contributed by atoms with Crippen LogP contribution in [0.15, 0.2) is 41.2 Å². The fraction of sp³-hybridized carbons (Fsp3) is 0.267. The molecule has 23 heavy (non-hydrogen) atoms. The third kappa shape index (κ3) is 2.79. The molecule has 1 atom stereocenters. The molecule has 0 amide bonds. The van der Waals surface area contributed by atoms with Gasteiger partial charge < -0.3 is 10.0 Å². The molecule has 0 unspecified atom stereocenters. The predicted octanol–water partition coefficient (Wildman–Crippen LogP) is 1.66. The van der Waals surface area contributed by atoms with E-state index in [0.29, 0.717) is 10.4 Å². The van der Waals surface area contributed by atoms with E-state index in [2.05, 4.69) is 5.10 Å². The predicted molar refractivity (Wildman–Crippen MR) is 78.2 cm³/mol. The highest BCUT2D eigenvalue weighted by Gasteiger charge is 2.36. The van der Waals surface area contributed by atoms with E-state index in [-0.39, 0.29) is 12.2 Å². The van der Waals surface area contributed by atoms with Gasteiger partial charge >= 0.3 is 5.97 Å². The third-order valence-electron chi connectivity index (χ3n) is 3.67. The van der Waals surface area contributed by atoms with E-state index >= 15 is 0 Å². The average Bonchev–Trinajstić information content (AvgIpc) is 2.89. The molecule has 2 heterocycles. The molecule has 8 heteroatoms. The monoisotopic (exact) mass is 321 g/mol. The number of para-hydroxylation sites is 1. The van der Waals surface area contributed by atoms with Crippen molar-refractivity contribution in [3.05, 3.63) is 52.3 Å². The zero-order valence-corrected chi connectivity index (χ0v) is 11.9. The highest BCUT2D eigenvalue weighted by atomic mass is 19.3. The lowest BCUT2D eigenvalue weighted by atomic mass is 10.1. The van der Waals surface area contributed by atoms with Gasteiger partial charge in [0.2, 0.25) is 0 Å². The fourth-order valence-corrected chi connectivity index (χ4v) is 2.69. The molecule has 0 spiro atoms. The van der Waals surface area contributed by atoms with Crippen LogP contribution in [0.1, 0.15) is 5.56 Å². The van der Waals surface area contributed by atoms with E-state index in [1.807, 2.05) is 0 Å². The van der Waals surface area contributed by atoms with E-state index in [1.54, 1.807) is 24.3 Å². The van der Waals surface area contributed by atoms with Crippen molar-refractivity contribution in [1.82, 2.24) is 9.78 Å². The lowest BCUT2D eigenvalue weighted by molar-refractivity contribution is -0.138. The first-order valence-corrected chi connectivity index (χ1v) is 6.93. The van der Waals surface area contributed by atoms with E-state index in [4.69, 9.17) is 0 Å². The summed E-state index contributed by atoms with van der Waals surface area (Å²) in [5, 5.41) is 13.3. The van der Waals surface area contributed by atoms with Gasteiger partial charge in [-0.05, 0) is 17.7 Å². The second-order valence-corrected chi connectivity index (χ2v) is 5.16. The number of aromatic nitrogens is 2. The maximum atomic E-state index is 12.5. The normalized spacial score (nSPS) is 16.7. The van der Waals surface area contributed by atoms with Crippen LogP contribution in [0.2, 0.25) is 0 Å². The molecule has 3 rings (SSSR count). The summed E-state index contributed by atoms with van der Waals surface area (Å²) in [4.78, 5) is 24.6. The topological polar surface area (TPSA) is 75.4 Å². The van der Waals surface area contributed by atoms with Gasteiger partial charge in [0.25, 0.3) is 12.0 Å². The summed E-state index contributed by atoms with van der Waals surface area (Å²) >= 11 is 0. The number of carboxylic acids is 1. The van der Waals surface area contributed by atoms with Gasteiger partial charge in [0, 0.05) is 18.2 Å². The van der Waals surface area contributed by atoms with Crippen molar-refractivity contribution in [1.29, 1.82) is 0 Å². The highest BCUT2D eigenvalue weighted by molar-refractivity contribution is 5.86. The maximum absolute atomic E-state index is 12.5. The zero-order valence-electron chi connectivity index (χ0n) is 11.9. The number of carbonyl (C=O) groups is 1. The Kier molecular flexibility index (Phi) is 3.81. The molecule has 120 valence electrons. The van der Waals surface area contributed by atoms with Crippen LogP contribution in [0.4, 0.5) is 20.3 Å². The van der Waals surface area contributed by atoms with Gasteiger partial charge in [-0.1, -0.05) is 18.2 Å². The van der Waals surface area contributed by atoms with E-state index in [1.165, 1.54) is 11.0 Å². The Bertz CT molecular complexity index is 807. The van der Waals surface area contributed by atoms with Crippen molar-refractivity contribution < 1.29 is 18.7 Å². The molecule has 1 N–H and O–H groups in total. The summed E-state index contributed by atoms with van der Waals surface area (Å²) in [5.41, 5.74) is 0.816. The molecule has 2 aromatic rings. The van der Waals surface area contributed by atoms with Crippen LogP contribution in [0.3, 0.4) is 0 Å². The standard InChI is InChI=1S/C15H13F2N3O3/c16-12(17)8-19-14(21)6-5-13(18-19)20-10-4-2-1-3-9(10)7-11(20)15(22)23/h1-6,11-12H,7-8H2,(H,22,23)/t11-/m0/s1. The summed E-state index contributed by atoms with van der Waals surface area (Å²) in [6, 6.07) is 8.67. The van der Waals surface area contributed by atoms with Crippen molar-refractivity contribution in [3.63, 3.8) is 0 Å². The number of carboxylic acid groups (broad SMARTS) is 1. The Hall–Kier alpha value is -2.77. The number of aliphatic carboxylic acids is 1. The van der Waals surface area contributed by atoms with Crippen LogP contribution in [-0.4, -0.2) is 33.3 Å². The summed E-state index contributed by atoms with van der Waals surface area (Å²) in [6.07, 6.45) is -2.45. The van der Waals surface area contributed by atoms with Crippen LogP contribution in [0.5, 0.6) is 0 Å². The van der Waals surface area contributed by atoms with Crippen LogP contribution >= 0.6 is 0 Å². The van der Waals surface area contributed by atoms with Crippen molar-refractivity contribution >= 4 is 17.5 Å². The van der Waals surface area contributed by atoms with Crippen molar-refractivity contribution in [2.45, 2.75) is 25.4 Å². The summed E-state index contributed by atoms with van der Waals surface area (Å²) < 4.78 is 25.7. The average molecular weight is 321 g/mol. The molecule has 0 bridgehead atoms.